The lowest BCUT2D eigenvalue weighted by Crippen LogP contribution is -2.39. The molecule has 1 aromatic heterocycles. The molecule has 0 radical (unpaired) electrons. The SMILES string of the molecule is COc1cc([N+](=O)[O-])ccc1NC(=O)C[n+]1ccc2ccccc2c1. The van der Waals surface area contributed by atoms with E-state index in [4.69, 9.17) is 4.74 Å². The molecule has 0 aliphatic carbocycles. The van der Waals surface area contributed by atoms with Crippen LogP contribution in [0.3, 0.4) is 0 Å². The first-order chi connectivity index (χ1) is 12.1. The number of methoxy groups -OCH3 is 1. The largest absolute Gasteiger partial charge is 0.494 e. The third-order valence-corrected chi connectivity index (χ3v) is 3.74. The van der Waals surface area contributed by atoms with Crippen LogP contribution in [0.5, 0.6) is 5.75 Å². The molecule has 126 valence electrons. The smallest absolute Gasteiger partial charge is 0.290 e. The molecular formula is C18H16N3O4+. The van der Waals surface area contributed by atoms with Gasteiger partial charge >= 0.3 is 0 Å². The molecule has 3 rings (SSSR count). The predicted molar refractivity (Wildman–Crippen MR) is 92.4 cm³/mol. The summed E-state index contributed by atoms with van der Waals surface area (Å²) in [6.07, 6.45) is 3.72. The zero-order valence-corrected chi connectivity index (χ0v) is 13.5. The van der Waals surface area contributed by atoms with E-state index in [9.17, 15) is 14.9 Å². The number of ether oxygens (including phenoxy) is 1. The molecule has 25 heavy (non-hydrogen) atoms. The molecule has 1 N–H and O–H groups in total. The lowest BCUT2D eigenvalue weighted by Gasteiger charge is -2.08. The van der Waals surface area contributed by atoms with Gasteiger partial charge in [-0.15, -0.1) is 0 Å². The zero-order valence-electron chi connectivity index (χ0n) is 13.5. The van der Waals surface area contributed by atoms with Crippen LogP contribution in [0.4, 0.5) is 11.4 Å². The fourth-order valence-electron chi connectivity index (χ4n) is 2.53. The summed E-state index contributed by atoms with van der Waals surface area (Å²) in [5, 5.41) is 15.7. The van der Waals surface area contributed by atoms with Crippen molar-refractivity contribution in [3.63, 3.8) is 0 Å². The lowest BCUT2D eigenvalue weighted by molar-refractivity contribution is -0.682. The number of nitro groups is 1. The number of anilines is 1. The highest BCUT2D eigenvalue weighted by Crippen LogP contribution is 2.28. The minimum Gasteiger partial charge on any atom is -0.494 e. The van der Waals surface area contributed by atoms with Crippen LogP contribution in [-0.4, -0.2) is 17.9 Å². The van der Waals surface area contributed by atoms with Crippen molar-refractivity contribution in [2.75, 3.05) is 12.4 Å². The van der Waals surface area contributed by atoms with Crippen LogP contribution < -0.4 is 14.6 Å². The Morgan fingerprint density at radius 3 is 2.68 bits per heavy atom. The molecule has 0 fully saturated rings. The van der Waals surface area contributed by atoms with E-state index in [1.165, 1.54) is 25.3 Å². The van der Waals surface area contributed by atoms with Crippen molar-refractivity contribution in [1.82, 2.24) is 0 Å². The Morgan fingerprint density at radius 1 is 1.20 bits per heavy atom. The monoisotopic (exact) mass is 338 g/mol. The van der Waals surface area contributed by atoms with Gasteiger partial charge in [0.1, 0.15) is 5.75 Å². The van der Waals surface area contributed by atoms with Gasteiger partial charge in [-0.3, -0.25) is 14.9 Å². The van der Waals surface area contributed by atoms with Crippen LogP contribution in [0.25, 0.3) is 10.8 Å². The summed E-state index contributed by atoms with van der Waals surface area (Å²) in [5.41, 5.74) is 0.290. The Labute approximate surface area is 143 Å². The second kappa shape index (κ2) is 6.96. The molecule has 0 unspecified atom stereocenters. The summed E-state index contributed by atoms with van der Waals surface area (Å²) in [5.74, 6) is -0.0153. The minimum atomic E-state index is -0.515. The number of hydrogen-bond donors (Lipinski definition) is 1. The maximum atomic E-state index is 12.3. The summed E-state index contributed by atoms with van der Waals surface area (Å²) in [4.78, 5) is 22.6. The maximum Gasteiger partial charge on any atom is 0.290 e. The molecule has 1 heterocycles. The molecule has 0 bridgehead atoms. The summed E-state index contributed by atoms with van der Waals surface area (Å²) >= 11 is 0. The van der Waals surface area contributed by atoms with Gasteiger partial charge in [-0.05, 0) is 17.5 Å². The maximum absolute atomic E-state index is 12.3. The summed E-state index contributed by atoms with van der Waals surface area (Å²) < 4.78 is 6.89. The standard InChI is InChI=1S/C18H15N3O4/c1-25-17-10-15(21(23)24)6-7-16(17)19-18(22)12-20-9-8-13-4-2-3-5-14(13)11-20/h2-11H,12H2,1H3/p+1. The van der Waals surface area contributed by atoms with Gasteiger partial charge in [0, 0.05) is 17.5 Å². The Morgan fingerprint density at radius 2 is 1.96 bits per heavy atom. The number of rotatable bonds is 5. The number of pyridine rings is 1. The van der Waals surface area contributed by atoms with E-state index in [2.05, 4.69) is 5.32 Å². The van der Waals surface area contributed by atoms with Crippen molar-refractivity contribution in [1.29, 1.82) is 0 Å². The third kappa shape index (κ3) is 3.72. The van der Waals surface area contributed by atoms with Gasteiger partial charge in [0.2, 0.25) is 6.54 Å². The molecule has 7 nitrogen and oxygen atoms in total. The summed E-state index contributed by atoms with van der Waals surface area (Å²) in [7, 11) is 1.40. The van der Waals surface area contributed by atoms with Gasteiger partial charge in [-0.2, -0.15) is 4.57 Å². The third-order valence-electron chi connectivity index (χ3n) is 3.74. The van der Waals surface area contributed by atoms with Crippen molar-refractivity contribution < 1.29 is 19.0 Å². The Balaban J connectivity index is 1.76. The average Bonchev–Trinajstić information content (AvgIpc) is 2.61. The van der Waals surface area contributed by atoms with Gasteiger partial charge in [0.05, 0.1) is 23.8 Å². The number of fused-ring (bicyclic) bond motifs is 1. The number of nitrogens with one attached hydrogen (secondary N) is 1. The number of carbonyl (C=O) groups excluding carboxylic acids is 1. The van der Waals surface area contributed by atoms with E-state index >= 15 is 0 Å². The Hall–Kier alpha value is -3.48. The number of nitro benzene ring substituents is 1. The zero-order chi connectivity index (χ0) is 17.8. The number of amides is 1. The molecule has 0 atom stereocenters. The highest BCUT2D eigenvalue weighted by molar-refractivity contribution is 5.91. The van der Waals surface area contributed by atoms with Gasteiger partial charge in [-0.1, -0.05) is 18.2 Å². The number of aromatic nitrogens is 1. The molecule has 3 aromatic rings. The molecule has 0 aliphatic rings. The van der Waals surface area contributed by atoms with Gasteiger partial charge < -0.3 is 10.1 Å². The van der Waals surface area contributed by atoms with Crippen molar-refractivity contribution in [3.05, 3.63) is 71.0 Å². The first kappa shape index (κ1) is 16.4. The van der Waals surface area contributed by atoms with Crippen LogP contribution in [0.2, 0.25) is 0 Å². The quantitative estimate of drug-likeness (QED) is 0.440. The van der Waals surface area contributed by atoms with Crippen molar-refractivity contribution in [2.45, 2.75) is 6.54 Å². The van der Waals surface area contributed by atoms with Gasteiger partial charge in [-0.25, -0.2) is 0 Å². The fraction of sp³-hybridized carbons (Fsp3) is 0.111. The van der Waals surface area contributed by atoms with Crippen LogP contribution in [0.1, 0.15) is 0 Å². The second-order valence-corrected chi connectivity index (χ2v) is 5.44. The van der Waals surface area contributed by atoms with E-state index in [1.807, 2.05) is 42.7 Å². The van der Waals surface area contributed by atoms with Crippen molar-refractivity contribution in [2.24, 2.45) is 0 Å². The minimum absolute atomic E-state index is 0.0984. The topological polar surface area (TPSA) is 85.3 Å². The van der Waals surface area contributed by atoms with Gasteiger partial charge in [0.25, 0.3) is 11.6 Å². The summed E-state index contributed by atoms with van der Waals surface area (Å²) in [6, 6.07) is 13.9. The lowest BCUT2D eigenvalue weighted by atomic mass is 10.2. The first-order valence-electron chi connectivity index (χ1n) is 7.57. The summed E-state index contributed by atoms with van der Waals surface area (Å²) in [6.45, 7) is 0.116. The van der Waals surface area contributed by atoms with Crippen LogP contribution >= 0.6 is 0 Å². The van der Waals surface area contributed by atoms with Crippen molar-refractivity contribution >= 4 is 28.1 Å². The second-order valence-electron chi connectivity index (χ2n) is 5.44. The highest BCUT2D eigenvalue weighted by Gasteiger charge is 2.15. The van der Waals surface area contributed by atoms with Crippen LogP contribution in [0.15, 0.2) is 60.9 Å². The Bertz CT molecular complexity index is 956. The van der Waals surface area contributed by atoms with E-state index in [1.54, 1.807) is 4.57 Å². The van der Waals surface area contributed by atoms with Crippen molar-refractivity contribution in [3.8, 4) is 5.75 Å². The molecular weight excluding hydrogens is 322 g/mol. The molecule has 1 amide bonds. The van der Waals surface area contributed by atoms with E-state index in [0.29, 0.717) is 5.69 Å². The van der Waals surface area contributed by atoms with Crippen LogP contribution in [0, 0.1) is 10.1 Å². The predicted octanol–water partition coefficient (Wildman–Crippen LogP) is 2.68. The molecule has 2 aromatic carbocycles. The van der Waals surface area contributed by atoms with Gasteiger partial charge in [0.15, 0.2) is 12.4 Å². The number of non-ortho nitro benzene ring substituents is 1. The fourth-order valence-corrected chi connectivity index (χ4v) is 2.53. The molecule has 0 spiro atoms. The molecule has 7 heteroatoms. The first-order valence-corrected chi connectivity index (χ1v) is 7.57. The Kier molecular flexibility index (Phi) is 4.56. The number of nitrogens with zero attached hydrogens (tertiary/aromatic N) is 2. The van der Waals surface area contributed by atoms with E-state index in [-0.39, 0.29) is 23.9 Å². The number of carbonyl (C=O) groups is 1. The van der Waals surface area contributed by atoms with E-state index in [0.717, 1.165) is 10.8 Å². The number of hydrogen-bond acceptors (Lipinski definition) is 4. The molecule has 0 saturated carbocycles. The average molecular weight is 338 g/mol. The number of benzene rings is 2. The van der Waals surface area contributed by atoms with E-state index < -0.39 is 4.92 Å². The molecule has 0 aliphatic heterocycles. The normalized spacial score (nSPS) is 10.4. The highest BCUT2D eigenvalue weighted by atomic mass is 16.6. The molecule has 0 saturated heterocycles. The van der Waals surface area contributed by atoms with Crippen LogP contribution in [-0.2, 0) is 11.3 Å².